The maximum absolute atomic E-state index is 12.5. The number of anilines is 1. The van der Waals surface area contributed by atoms with Crippen LogP contribution in [0.1, 0.15) is 40.5 Å². The third kappa shape index (κ3) is 4.63. The molecule has 1 aromatic carbocycles. The predicted molar refractivity (Wildman–Crippen MR) is 91.6 cm³/mol. The molecule has 6 nitrogen and oxygen atoms in total. The number of hydrogen-bond donors (Lipinski definition) is 1. The maximum atomic E-state index is 12.5. The van der Waals surface area contributed by atoms with Crippen molar-refractivity contribution < 1.29 is 19.1 Å². The Labute approximate surface area is 142 Å². The van der Waals surface area contributed by atoms with Crippen LogP contribution >= 0.6 is 0 Å². The summed E-state index contributed by atoms with van der Waals surface area (Å²) in [6.45, 7) is 8.31. The van der Waals surface area contributed by atoms with Gasteiger partial charge in [-0.15, -0.1) is 0 Å². The fourth-order valence-electron chi connectivity index (χ4n) is 2.52. The molecule has 1 heterocycles. The first kappa shape index (κ1) is 18.1. The van der Waals surface area contributed by atoms with Crippen LogP contribution in [-0.2, 0) is 9.53 Å². The van der Waals surface area contributed by atoms with Gasteiger partial charge in [-0.05, 0) is 52.7 Å². The van der Waals surface area contributed by atoms with E-state index in [2.05, 4.69) is 0 Å². The van der Waals surface area contributed by atoms with Gasteiger partial charge in [0.15, 0.2) is 0 Å². The largest absolute Gasteiger partial charge is 0.444 e. The number of nitrogens with two attached hydrogens (primary N) is 1. The van der Waals surface area contributed by atoms with Crippen LogP contribution in [0, 0.1) is 5.41 Å². The molecule has 1 saturated heterocycles. The van der Waals surface area contributed by atoms with Crippen molar-refractivity contribution >= 4 is 17.7 Å². The standard InChI is InChI=1S/C18H26N2O4/c1-17(2,3)24-16(22)20-10-8-18(4,9-11-20)15(21)23-14-7-5-6-13(19)12-14/h5-7,12H,8-11,19H2,1-4H3. The van der Waals surface area contributed by atoms with E-state index in [-0.39, 0.29) is 12.1 Å². The molecule has 1 aliphatic rings. The van der Waals surface area contributed by atoms with Gasteiger partial charge < -0.3 is 20.1 Å². The molecule has 0 aliphatic carbocycles. The molecular weight excluding hydrogens is 308 g/mol. The van der Waals surface area contributed by atoms with Gasteiger partial charge in [0.2, 0.25) is 0 Å². The van der Waals surface area contributed by atoms with Crippen molar-refractivity contribution in [3.05, 3.63) is 24.3 Å². The molecule has 2 N–H and O–H groups in total. The van der Waals surface area contributed by atoms with Crippen molar-refractivity contribution in [3.63, 3.8) is 0 Å². The van der Waals surface area contributed by atoms with E-state index in [0.717, 1.165) is 0 Å². The van der Waals surface area contributed by atoms with Gasteiger partial charge in [-0.2, -0.15) is 0 Å². The summed E-state index contributed by atoms with van der Waals surface area (Å²) in [5.74, 6) is 0.146. The van der Waals surface area contributed by atoms with Crippen molar-refractivity contribution in [2.45, 2.75) is 46.1 Å². The lowest BCUT2D eigenvalue weighted by atomic mass is 9.80. The number of likely N-dealkylation sites (tertiary alicyclic amines) is 1. The Morgan fingerprint density at radius 2 is 1.83 bits per heavy atom. The minimum Gasteiger partial charge on any atom is -0.444 e. The van der Waals surface area contributed by atoms with Gasteiger partial charge in [0, 0.05) is 24.8 Å². The fraction of sp³-hybridized carbons (Fsp3) is 0.556. The predicted octanol–water partition coefficient (Wildman–Crippen LogP) is 3.21. The molecule has 1 fully saturated rings. The molecule has 2 rings (SSSR count). The lowest BCUT2D eigenvalue weighted by Gasteiger charge is -2.37. The van der Waals surface area contributed by atoms with Gasteiger partial charge in [-0.3, -0.25) is 4.79 Å². The summed E-state index contributed by atoms with van der Waals surface area (Å²) >= 11 is 0. The number of piperidine rings is 1. The van der Waals surface area contributed by atoms with Crippen LogP contribution in [-0.4, -0.2) is 35.7 Å². The van der Waals surface area contributed by atoms with Crippen molar-refractivity contribution in [3.8, 4) is 5.75 Å². The summed E-state index contributed by atoms with van der Waals surface area (Å²) in [5.41, 5.74) is 5.10. The molecule has 0 saturated carbocycles. The Morgan fingerprint density at radius 1 is 1.21 bits per heavy atom. The first-order chi connectivity index (χ1) is 11.1. The Kier molecular flexibility index (Phi) is 5.06. The lowest BCUT2D eigenvalue weighted by molar-refractivity contribution is -0.147. The normalized spacial score (nSPS) is 17.2. The third-order valence-electron chi connectivity index (χ3n) is 4.08. The van der Waals surface area contributed by atoms with Gasteiger partial charge >= 0.3 is 12.1 Å². The number of nitrogens with zero attached hydrogens (tertiary/aromatic N) is 1. The summed E-state index contributed by atoms with van der Waals surface area (Å²) in [7, 11) is 0. The van der Waals surface area contributed by atoms with E-state index < -0.39 is 11.0 Å². The molecule has 0 atom stereocenters. The van der Waals surface area contributed by atoms with Crippen molar-refractivity contribution in [1.29, 1.82) is 0 Å². The van der Waals surface area contributed by atoms with Crippen molar-refractivity contribution in [1.82, 2.24) is 4.90 Å². The van der Waals surface area contributed by atoms with E-state index >= 15 is 0 Å². The zero-order valence-electron chi connectivity index (χ0n) is 14.8. The molecule has 132 valence electrons. The van der Waals surface area contributed by atoms with Crippen LogP contribution in [0.15, 0.2) is 24.3 Å². The molecule has 1 aromatic rings. The van der Waals surface area contributed by atoms with Crippen LogP contribution in [0.4, 0.5) is 10.5 Å². The minimum atomic E-state index is -0.622. The van der Waals surface area contributed by atoms with Gasteiger partial charge in [0.05, 0.1) is 5.41 Å². The number of benzene rings is 1. The number of carbonyl (C=O) groups excluding carboxylic acids is 2. The van der Waals surface area contributed by atoms with Crippen LogP contribution < -0.4 is 10.5 Å². The highest BCUT2D eigenvalue weighted by molar-refractivity contribution is 5.79. The highest BCUT2D eigenvalue weighted by Gasteiger charge is 2.40. The molecule has 0 radical (unpaired) electrons. The second kappa shape index (κ2) is 6.71. The molecule has 1 aliphatic heterocycles. The molecule has 0 unspecified atom stereocenters. The Morgan fingerprint density at radius 3 is 2.38 bits per heavy atom. The van der Waals surface area contributed by atoms with Crippen LogP contribution in [0.5, 0.6) is 5.75 Å². The monoisotopic (exact) mass is 334 g/mol. The molecule has 0 spiro atoms. The number of esters is 1. The van der Waals surface area contributed by atoms with Gasteiger partial charge in [0.25, 0.3) is 0 Å². The molecule has 6 heteroatoms. The van der Waals surface area contributed by atoms with E-state index in [1.54, 1.807) is 29.2 Å². The van der Waals surface area contributed by atoms with Crippen LogP contribution in [0.25, 0.3) is 0 Å². The zero-order chi connectivity index (χ0) is 18.0. The Hall–Kier alpha value is -2.24. The highest BCUT2D eigenvalue weighted by atomic mass is 16.6. The highest BCUT2D eigenvalue weighted by Crippen LogP contribution is 2.33. The molecule has 0 bridgehead atoms. The number of nitrogen functional groups attached to an aromatic ring is 1. The third-order valence-corrected chi connectivity index (χ3v) is 4.08. The van der Waals surface area contributed by atoms with E-state index in [1.807, 2.05) is 27.7 Å². The number of amides is 1. The molecular formula is C18H26N2O4. The van der Waals surface area contributed by atoms with Crippen molar-refractivity contribution in [2.75, 3.05) is 18.8 Å². The summed E-state index contributed by atoms with van der Waals surface area (Å²) in [6, 6.07) is 6.80. The molecule has 0 aromatic heterocycles. The number of rotatable bonds is 2. The summed E-state index contributed by atoms with van der Waals surface area (Å²) in [6.07, 6.45) is 0.731. The Balaban J connectivity index is 1.94. The number of hydrogen-bond acceptors (Lipinski definition) is 5. The SMILES string of the molecule is CC(C)(C)OC(=O)N1CCC(C)(C(=O)Oc2cccc(N)c2)CC1. The van der Waals surface area contributed by atoms with E-state index in [0.29, 0.717) is 37.4 Å². The second-order valence-corrected chi connectivity index (χ2v) is 7.49. The van der Waals surface area contributed by atoms with Gasteiger partial charge in [-0.25, -0.2) is 4.79 Å². The van der Waals surface area contributed by atoms with Crippen LogP contribution in [0.2, 0.25) is 0 Å². The minimum absolute atomic E-state index is 0.295. The average molecular weight is 334 g/mol. The molecule has 24 heavy (non-hydrogen) atoms. The quantitative estimate of drug-likeness (QED) is 0.510. The summed E-state index contributed by atoms with van der Waals surface area (Å²) in [4.78, 5) is 26.2. The summed E-state index contributed by atoms with van der Waals surface area (Å²) in [5, 5.41) is 0. The zero-order valence-corrected chi connectivity index (χ0v) is 14.8. The van der Waals surface area contributed by atoms with E-state index in [4.69, 9.17) is 15.2 Å². The summed E-state index contributed by atoms with van der Waals surface area (Å²) < 4.78 is 10.8. The van der Waals surface area contributed by atoms with Gasteiger partial charge in [0.1, 0.15) is 11.4 Å². The van der Waals surface area contributed by atoms with Crippen molar-refractivity contribution in [2.24, 2.45) is 5.41 Å². The average Bonchev–Trinajstić information content (AvgIpc) is 2.46. The van der Waals surface area contributed by atoms with Crippen LogP contribution in [0.3, 0.4) is 0 Å². The topological polar surface area (TPSA) is 81.9 Å². The van der Waals surface area contributed by atoms with E-state index in [1.165, 1.54) is 0 Å². The lowest BCUT2D eigenvalue weighted by Crippen LogP contribution is -2.47. The van der Waals surface area contributed by atoms with Gasteiger partial charge in [-0.1, -0.05) is 6.07 Å². The fourth-order valence-corrected chi connectivity index (χ4v) is 2.52. The van der Waals surface area contributed by atoms with E-state index in [9.17, 15) is 9.59 Å². The Bertz CT molecular complexity index is 614. The number of ether oxygens (including phenoxy) is 2. The smallest absolute Gasteiger partial charge is 0.410 e. The maximum Gasteiger partial charge on any atom is 0.410 e. The number of carbonyl (C=O) groups is 2. The first-order valence-corrected chi connectivity index (χ1v) is 8.15. The first-order valence-electron chi connectivity index (χ1n) is 8.15. The molecule has 1 amide bonds. The second-order valence-electron chi connectivity index (χ2n) is 7.49.